The van der Waals surface area contributed by atoms with E-state index in [4.69, 9.17) is 4.74 Å². The second-order valence-corrected chi connectivity index (χ2v) is 9.55. The minimum Gasteiger partial charge on any atom is -0.484 e. The molecule has 1 unspecified atom stereocenters. The lowest BCUT2D eigenvalue weighted by Crippen LogP contribution is -2.01. The highest BCUT2D eigenvalue weighted by atomic mass is 32.1. The lowest BCUT2D eigenvalue weighted by Gasteiger charge is -2.13. The molecule has 0 bridgehead atoms. The standard InChI is InChI=1S/C31H25NO2S/c33-31(23-7-2-1-3-8-23)24-13-15-25(16-14-24)32-28-10-5-4-9-26(28)27-21-22(12-17-29(27)32)18-19-34-30-11-6-20-35-30/h1-17,20-21,31,33H,18-19H2. The van der Waals surface area contributed by atoms with Gasteiger partial charge >= 0.3 is 0 Å². The van der Waals surface area contributed by atoms with E-state index in [-0.39, 0.29) is 0 Å². The number of benzene rings is 4. The number of fused-ring (bicyclic) bond motifs is 3. The van der Waals surface area contributed by atoms with E-state index < -0.39 is 6.10 Å². The number of aliphatic hydroxyl groups is 1. The number of para-hydroxylation sites is 1. The molecule has 0 saturated heterocycles. The second-order valence-electron chi connectivity index (χ2n) is 8.64. The number of ether oxygens (including phenoxy) is 1. The van der Waals surface area contributed by atoms with Crippen molar-refractivity contribution >= 4 is 33.1 Å². The zero-order chi connectivity index (χ0) is 23.6. The topological polar surface area (TPSA) is 34.4 Å². The number of thiophene rings is 1. The first-order valence-corrected chi connectivity index (χ1v) is 12.7. The molecular formula is C31H25NO2S. The first kappa shape index (κ1) is 21.7. The number of nitrogens with zero attached hydrogens (tertiary/aromatic N) is 1. The van der Waals surface area contributed by atoms with E-state index in [1.54, 1.807) is 11.3 Å². The molecule has 172 valence electrons. The van der Waals surface area contributed by atoms with E-state index in [1.165, 1.54) is 27.4 Å². The first-order chi connectivity index (χ1) is 17.3. The van der Waals surface area contributed by atoms with Crippen molar-refractivity contribution in [2.45, 2.75) is 12.5 Å². The van der Waals surface area contributed by atoms with Gasteiger partial charge in [0.25, 0.3) is 0 Å². The fourth-order valence-electron chi connectivity index (χ4n) is 4.70. The Balaban J connectivity index is 1.34. The molecule has 1 N–H and O–H groups in total. The molecule has 0 aliphatic rings. The van der Waals surface area contributed by atoms with Gasteiger partial charge in [-0.15, -0.1) is 11.3 Å². The predicted molar refractivity (Wildman–Crippen MR) is 145 cm³/mol. The van der Waals surface area contributed by atoms with Crippen LogP contribution in [0.4, 0.5) is 0 Å². The quantitative estimate of drug-likeness (QED) is 0.259. The van der Waals surface area contributed by atoms with Gasteiger partial charge in [0.2, 0.25) is 0 Å². The van der Waals surface area contributed by atoms with E-state index >= 15 is 0 Å². The number of aromatic nitrogens is 1. The van der Waals surface area contributed by atoms with Gasteiger partial charge in [-0.25, -0.2) is 0 Å². The van der Waals surface area contributed by atoms with Crippen molar-refractivity contribution in [1.82, 2.24) is 4.57 Å². The molecule has 0 radical (unpaired) electrons. The molecule has 4 aromatic carbocycles. The normalized spacial score (nSPS) is 12.3. The summed E-state index contributed by atoms with van der Waals surface area (Å²) in [6, 6.07) is 37.2. The monoisotopic (exact) mass is 475 g/mol. The SMILES string of the molecule is OC(c1ccccc1)c1ccc(-n2c3ccccc3c3cc(CCOc4cccs4)ccc32)cc1. The van der Waals surface area contributed by atoms with Crippen molar-refractivity contribution in [2.75, 3.05) is 6.61 Å². The Morgan fingerprint density at radius 1 is 0.714 bits per heavy atom. The molecule has 4 heteroatoms. The molecule has 6 aromatic rings. The van der Waals surface area contributed by atoms with Crippen LogP contribution in [0.2, 0.25) is 0 Å². The van der Waals surface area contributed by atoms with Crippen molar-refractivity contribution in [1.29, 1.82) is 0 Å². The van der Waals surface area contributed by atoms with Crippen molar-refractivity contribution in [3.05, 3.63) is 131 Å². The zero-order valence-electron chi connectivity index (χ0n) is 19.2. The van der Waals surface area contributed by atoms with Crippen LogP contribution in [0.1, 0.15) is 22.8 Å². The van der Waals surface area contributed by atoms with Gasteiger partial charge in [-0.3, -0.25) is 0 Å². The lowest BCUT2D eigenvalue weighted by atomic mass is 10.0. The Morgan fingerprint density at radius 2 is 1.46 bits per heavy atom. The van der Waals surface area contributed by atoms with E-state index in [2.05, 4.69) is 59.2 Å². The van der Waals surface area contributed by atoms with Crippen LogP contribution in [0.5, 0.6) is 5.06 Å². The molecule has 1 atom stereocenters. The Morgan fingerprint density at radius 3 is 2.26 bits per heavy atom. The highest BCUT2D eigenvalue weighted by Gasteiger charge is 2.14. The van der Waals surface area contributed by atoms with Gasteiger partial charge in [0.1, 0.15) is 6.10 Å². The maximum Gasteiger partial charge on any atom is 0.173 e. The van der Waals surface area contributed by atoms with Crippen LogP contribution in [0.3, 0.4) is 0 Å². The van der Waals surface area contributed by atoms with Crippen LogP contribution in [-0.2, 0) is 6.42 Å². The van der Waals surface area contributed by atoms with Gasteiger partial charge in [0.05, 0.1) is 17.6 Å². The summed E-state index contributed by atoms with van der Waals surface area (Å²) in [5.41, 5.74) is 6.46. The van der Waals surface area contributed by atoms with E-state index in [1.807, 2.05) is 60.0 Å². The molecular weight excluding hydrogens is 450 g/mol. The van der Waals surface area contributed by atoms with Crippen LogP contribution in [0.25, 0.3) is 27.5 Å². The summed E-state index contributed by atoms with van der Waals surface area (Å²) in [6.07, 6.45) is 0.224. The van der Waals surface area contributed by atoms with Crippen LogP contribution < -0.4 is 4.74 Å². The smallest absolute Gasteiger partial charge is 0.173 e. The molecule has 6 rings (SSSR count). The van der Waals surface area contributed by atoms with Crippen molar-refractivity contribution in [3.8, 4) is 10.8 Å². The molecule has 0 aliphatic heterocycles. The minimum absolute atomic E-state index is 0.637. The Hall–Kier alpha value is -3.86. The van der Waals surface area contributed by atoms with E-state index in [0.29, 0.717) is 6.61 Å². The maximum absolute atomic E-state index is 10.8. The summed E-state index contributed by atoms with van der Waals surface area (Å²) < 4.78 is 8.18. The average Bonchev–Trinajstić information content (AvgIpc) is 3.55. The number of aliphatic hydroxyl groups excluding tert-OH is 1. The van der Waals surface area contributed by atoms with Crippen molar-refractivity contribution < 1.29 is 9.84 Å². The van der Waals surface area contributed by atoms with E-state index in [0.717, 1.165) is 28.3 Å². The molecule has 0 spiro atoms. The van der Waals surface area contributed by atoms with Crippen LogP contribution in [0.15, 0.2) is 115 Å². The molecule has 2 aromatic heterocycles. The summed E-state index contributed by atoms with van der Waals surface area (Å²) in [4.78, 5) is 0. The highest BCUT2D eigenvalue weighted by molar-refractivity contribution is 7.11. The average molecular weight is 476 g/mol. The number of rotatable bonds is 7. The fourth-order valence-corrected chi connectivity index (χ4v) is 5.30. The molecule has 0 fully saturated rings. The summed E-state index contributed by atoms with van der Waals surface area (Å²) in [5, 5.41) is 16.3. The summed E-state index contributed by atoms with van der Waals surface area (Å²) in [7, 11) is 0. The summed E-state index contributed by atoms with van der Waals surface area (Å²) in [6.45, 7) is 0.663. The third kappa shape index (κ3) is 4.23. The van der Waals surface area contributed by atoms with Crippen molar-refractivity contribution in [2.24, 2.45) is 0 Å². The molecule has 3 nitrogen and oxygen atoms in total. The van der Waals surface area contributed by atoms with Gasteiger partial charge in [0, 0.05) is 22.9 Å². The predicted octanol–water partition coefficient (Wildman–Crippen LogP) is 7.55. The Labute approximate surface area is 208 Å². The third-order valence-corrected chi connectivity index (χ3v) is 7.23. The molecule has 2 heterocycles. The first-order valence-electron chi connectivity index (χ1n) is 11.8. The van der Waals surface area contributed by atoms with Gasteiger partial charge in [-0.2, -0.15) is 0 Å². The molecule has 0 saturated carbocycles. The van der Waals surface area contributed by atoms with Crippen molar-refractivity contribution in [3.63, 3.8) is 0 Å². The van der Waals surface area contributed by atoms with Crippen LogP contribution in [-0.4, -0.2) is 16.3 Å². The van der Waals surface area contributed by atoms with Gasteiger partial charge in [-0.1, -0.05) is 66.7 Å². The molecule has 35 heavy (non-hydrogen) atoms. The fraction of sp³-hybridized carbons (Fsp3) is 0.0968. The summed E-state index contributed by atoms with van der Waals surface area (Å²) >= 11 is 1.62. The highest BCUT2D eigenvalue weighted by Crippen LogP contribution is 2.33. The summed E-state index contributed by atoms with van der Waals surface area (Å²) in [5.74, 6) is 0. The van der Waals surface area contributed by atoms with Gasteiger partial charge in [-0.05, 0) is 64.5 Å². The van der Waals surface area contributed by atoms with Gasteiger partial charge < -0.3 is 14.4 Å². The lowest BCUT2D eigenvalue weighted by molar-refractivity contribution is 0.220. The molecule has 0 amide bonds. The number of hydrogen-bond acceptors (Lipinski definition) is 3. The Bertz CT molecular complexity index is 1570. The maximum atomic E-state index is 10.8. The van der Waals surface area contributed by atoms with Gasteiger partial charge in [0.15, 0.2) is 5.06 Å². The van der Waals surface area contributed by atoms with Crippen LogP contribution >= 0.6 is 11.3 Å². The minimum atomic E-state index is -0.637. The molecule has 0 aliphatic carbocycles. The van der Waals surface area contributed by atoms with Crippen LogP contribution in [0, 0.1) is 0 Å². The third-order valence-electron chi connectivity index (χ3n) is 6.45. The number of hydrogen-bond donors (Lipinski definition) is 1. The zero-order valence-corrected chi connectivity index (χ0v) is 20.0. The largest absolute Gasteiger partial charge is 0.484 e. The van der Waals surface area contributed by atoms with E-state index in [9.17, 15) is 5.11 Å². The Kier molecular flexibility index (Phi) is 5.83. The second kappa shape index (κ2) is 9.41.